The number of nitrogens with zero attached hydrogens (tertiary/aromatic N) is 2. The van der Waals surface area contributed by atoms with E-state index in [1.807, 2.05) is 4.90 Å². The quantitative estimate of drug-likeness (QED) is 0.714. The number of rotatable bonds is 3. The van der Waals surface area contributed by atoms with E-state index in [1.54, 1.807) is 0 Å². The number of piperazine rings is 1. The lowest BCUT2D eigenvalue weighted by molar-refractivity contribution is -0.130. The average Bonchev–Trinajstić information content (AvgIpc) is 2.17. The molecule has 82 valence electrons. The van der Waals surface area contributed by atoms with Gasteiger partial charge < -0.3 is 4.90 Å². The molecule has 1 saturated heterocycles. The molecule has 1 amide bonds. The summed E-state index contributed by atoms with van der Waals surface area (Å²) in [6.45, 7) is 9.44. The summed E-state index contributed by atoms with van der Waals surface area (Å²) in [6, 6.07) is 0. The van der Waals surface area contributed by atoms with Crippen molar-refractivity contribution in [3.05, 3.63) is 0 Å². The minimum atomic E-state index is 0.217. The number of hydrogen-bond donors (Lipinski definition) is 0. The minimum absolute atomic E-state index is 0.217. The third-order valence-corrected chi connectivity index (χ3v) is 2.94. The van der Waals surface area contributed by atoms with Crippen LogP contribution < -0.4 is 0 Å². The Bertz CT molecular complexity index is 189. The Morgan fingerprint density at radius 2 is 1.86 bits per heavy atom. The summed E-state index contributed by atoms with van der Waals surface area (Å²) in [5.41, 5.74) is 0. The molecule has 14 heavy (non-hydrogen) atoms. The van der Waals surface area contributed by atoms with Crippen LogP contribution in [0.2, 0.25) is 0 Å². The monoisotopic (exact) mass is 262 g/mol. The number of carbonyl (C=O) groups excluding carboxylic acids is 1. The molecule has 0 aromatic carbocycles. The number of amides is 1. The van der Waals surface area contributed by atoms with Gasteiger partial charge in [0.05, 0.1) is 5.33 Å². The van der Waals surface area contributed by atoms with Gasteiger partial charge in [-0.1, -0.05) is 29.8 Å². The van der Waals surface area contributed by atoms with Gasteiger partial charge in [-0.3, -0.25) is 9.69 Å². The minimum Gasteiger partial charge on any atom is -0.339 e. The van der Waals surface area contributed by atoms with Crippen molar-refractivity contribution in [3.63, 3.8) is 0 Å². The summed E-state index contributed by atoms with van der Waals surface area (Å²) in [7, 11) is 0. The van der Waals surface area contributed by atoms with Crippen molar-refractivity contribution in [2.45, 2.75) is 13.8 Å². The van der Waals surface area contributed by atoms with E-state index in [-0.39, 0.29) is 5.91 Å². The average molecular weight is 263 g/mol. The first-order valence-corrected chi connectivity index (χ1v) is 6.31. The highest BCUT2D eigenvalue weighted by atomic mass is 79.9. The molecule has 1 heterocycles. The second-order valence-corrected chi connectivity index (χ2v) is 4.77. The second-order valence-electron chi connectivity index (χ2n) is 4.21. The predicted octanol–water partition coefficient (Wildman–Crippen LogP) is 1.18. The van der Waals surface area contributed by atoms with Crippen molar-refractivity contribution in [3.8, 4) is 0 Å². The molecule has 1 rings (SSSR count). The molecule has 0 bridgehead atoms. The zero-order valence-corrected chi connectivity index (χ0v) is 10.6. The zero-order chi connectivity index (χ0) is 10.6. The van der Waals surface area contributed by atoms with Gasteiger partial charge in [-0.25, -0.2) is 0 Å². The summed E-state index contributed by atoms with van der Waals surface area (Å²) in [5, 5.41) is 0.456. The fourth-order valence-corrected chi connectivity index (χ4v) is 2.14. The molecule has 0 spiro atoms. The lowest BCUT2D eigenvalue weighted by Crippen LogP contribution is -2.49. The van der Waals surface area contributed by atoms with Crippen LogP contribution in [-0.2, 0) is 4.79 Å². The number of carbonyl (C=O) groups is 1. The standard InChI is InChI=1S/C10H19BrN2O/c1-9(2)8-12-3-5-13(6-4-12)10(14)7-11/h9H,3-8H2,1-2H3. The maximum atomic E-state index is 11.4. The number of hydrogen-bond acceptors (Lipinski definition) is 2. The van der Waals surface area contributed by atoms with Crippen molar-refractivity contribution >= 4 is 21.8 Å². The van der Waals surface area contributed by atoms with Crippen LogP contribution in [0.1, 0.15) is 13.8 Å². The van der Waals surface area contributed by atoms with E-state index in [9.17, 15) is 4.79 Å². The van der Waals surface area contributed by atoms with Crippen LogP contribution in [0.3, 0.4) is 0 Å². The summed E-state index contributed by atoms with van der Waals surface area (Å²) in [5.74, 6) is 0.933. The summed E-state index contributed by atoms with van der Waals surface area (Å²) in [6.07, 6.45) is 0. The second kappa shape index (κ2) is 5.71. The Hall–Kier alpha value is -0.0900. The first-order valence-electron chi connectivity index (χ1n) is 5.19. The lowest BCUT2D eigenvalue weighted by atomic mass is 10.2. The lowest BCUT2D eigenvalue weighted by Gasteiger charge is -2.35. The smallest absolute Gasteiger partial charge is 0.233 e. The van der Waals surface area contributed by atoms with Gasteiger partial charge in [0.1, 0.15) is 0 Å². The molecule has 0 unspecified atom stereocenters. The molecule has 4 heteroatoms. The molecule has 0 aromatic rings. The Kier molecular flexibility index (Phi) is 4.89. The topological polar surface area (TPSA) is 23.6 Å². The van der Waals surface area contributed by atoms with Crippen molar-refractivity contribution in [2.24, 2.45) is 5.92 Å². The van der Waals surface area contributed by atoms with Crippen LogP contribution in [0.15, 0.2) is 0 Å². The van der Waals surface area contributed by atoms with Gasteiger partial charge in [-0.15, -0.1) is 0 Å². The van der Waals surface area contributed by atoms with E-state index in [0.717, 1.165) is 32.7 Å². The third-order valence-electron chi connectivity index (χ3n) is 2.46. The molecule has 1 aliphatic heterocycles. The number of alkyl halides is 1. The van der Waals surface area contributed by atoms with E-state index >= 15 is 0 Å². The summed E-state index contributed by atoms with van der Waals surface area (Å²) in [4.78, 5) is 15.7. The fraction of sp³-hybridized carbons (Fsp3) is 0.900. The van der Waals surface area contributed by atoms with Crippen molar-refractivity contribution in [1.29, 1.82) is 0 Å². The predicted molar refractivity (Wildman–Crippen MR) is 61.7 cm³/mol. The SMILES string of the molecule is CC(C)CN1CCN(C(=O)CBr)CC1. The molecule has 0 saturated carbocycles. The molecular weight excluding hydrogens is 244 g/mol. The van der Waals surface area contributed by atoms with Crippen molar-refractivity contribution < 1.29 is 4.79 Å². The largest absolute Gasteiger partial charge is 0.339 e. The molecular formula is C10H19BrN2O. The summed E-state index contributed by atoms with van der Waals surface area (Å²) >= 11 is 3.20. The van der Waals surface area contributed by atoms with Gasteiger partial charge in [0.2, 0.25) is 5.91 Å². The Labute approximate surface area is 94.6 Å². The zero-order valence-electron chi connectivity index (χ0n) is 9.00. The van der Waals surface area contributed by atoms with E-state index in [1.165, 1.54) is 0 Å². The van der Waals surface area contributed by atoms with Gasteiger partial charge in [0.25, 0.3) is 0 Å². The van der Waals surface area contributed by atoms with E-state index in [2.05, 4.69) is 34.7 Å². The van der Waals surface area contributed by atoms with Crippen LogP contribution in [0.25, 0.3) is 0 Å². The van der Waals surface area contributed by atoms with Gasteiger partial charge in [0, 0.05) is 32.7 Å². The molecule has 0 radical (unpaired) electrons. The molecule has 0 atom stereocenters. The highest BCUT2D eigenvalue weighted by molar-refractivity contribution is 9.09. The molecule has 1 fully saturated rings. The Morgan fingerprint density at radius 3 is 2.29 bits per heavy atom. The van der Waals surface area contributed by atoms with Crippen molar-refractivity contribution in [1.82, 2.24) is 9.80 Å². The highest BCUT2D eigenvalue weighted by Gasteiger charge is 2.20. The third kappa shape index (κ3) is 3.58. The van der Waals surface area contributed by atoms with Gasteiger partial charge in [-0.05, 0) is 5.92 Å². The number of halogens is 1. The van der Waals surface area contributed by atoms with Crippen LogP contribution >= 0.6 is 15.9 Å². The van der Waals surface area contributed by atoms with Gasteiger partial charge in [-0.2, -0.15) is 0 Å². The molecule has 1 aliphatic rings. The fourth-order valence-electron chi connectivity index (χ4n) is 1.78. The van der Waals surface area contributed by atoms with Crippen molar-refractivity contribution in [2.75, 3.05) is 38.1 Å². The Morgan fingerprint density at radius 1 is 1.29 bits per heavy atom. The van der Waals surface area contributed by atoms with E-state index in [0.29, 0.717) is 11.2 Å². The van der Waals surface area contributed by atoms with Gasteiger partial charge in [0.15, 0.2) is 0 Å². The highest BCUT2D eigenvalue weighted by Crippen LogP contribution is 2.06. The van der Waals surface area contributed by atoms with Crippen LogP contribution in [-0.4, -0.2) is 53.8 Å². The first kappa shape index (κ1) is 12.0. The molecule has 3 nitrogen and oxygen atoms in total. The molecule has 0 aromatic heterocycles. The van der Waals surface area contributed by atoms with Gasteiger partial charge >= 0.3 is 0 Å². The molecule has 0 aliphatic carbocycles. The Balaban J connectivity index is 2.27. The normalized spacial score (nSPS) is 19.0. The van der Waals surface area contributed by atoms with E-state index in [4.69, 9.17) is 0 Å². The van der Waals surface area contributed by atoms with Crippen LogP contribution in [0.4, 0.5) is 0 Å². The maximum Gasteiger partial charge on any atom is 0.233 e. The maximum absolute atomic E-state index is 11.4. The van der Waals surface area contributed by atoms with Crippen LogP contribution in [0.5, 0.6) is 0 Å². The summed E-state index contributed by atoms with van der Waals surface area (Å²) < 4.78 is 0. The van der Waals surface area contributed by atoms with E-state index < -0.39 is 0 Å². The first-order chi connectivity index (χ1) is 6.63. The van der Waals surface area contributed by atoms with Crippen LogP contribution in [0, 0.1) is 5.92 Å². The molecule has 0 N–H and O–H groups in total.